The minimum atomic E-state index is -1.89. The Hall–Kier alpha value is -1.04. The maximum atomic E-state index is 11.1. The molecule has 0 aliphatic carbocycles. The van der Waals surface area contributed by atoms with Gasteiger partial charge in [-0.05, 0) is 30.1 Å². The fourth-order valence-electron chi connectivity index (χ4n) is 1.61. The normalized spacial score (nSPS) is 21.7. The number of hydrogen-bond acceptors (Lipinski definition) is 4. The highest BCUT2D eigenvalue weighted by Crippen LogP contribution is 2.37. The highest BCUT2D eigenvalue weighted by molar-refractivity contribution is 6.74. The van der Waals surface area contributed by atoms with Gasteiger partial charge < -0.3 is 9.16 Å². The molecule has 1 aliphatic rings. The number of ether oxygens (including phenoxy) is 1. The van der Waals surface area contributed by atoms with Crippen LogP contribution in [0.1, 0.15) is 33.6 Å². The predicted octanol–water partition coefficient (Wildman–Crippen LogP) is 3.39. The van der Waals surface area contributed by atoms with E-state index in [2.05, 4.69) is 43.9 Å². The van der Waals surface area contributed by atoms with Crippen LogP contribution in [0, 0.1) is 0 Å². The van der Waals surface area contributed by atoms with Gasteiger partial charge in [-0.1, -0.05) is 25.9 Å². The summed E-state index contributed by atoms with van der Waals surface area (Å²) in [7, 11) is -1.89. The third kappa shape index (κ3) is 4.23. The SMILES string of the molecule is CC(C)(C)[Si](C)(C)OC[C@@H](N=[N+]=[N-])[C@@H]1CCC(=O)O1. The second-order valence-electron chi connectivity index (χ2n) is 6.41. The summed E-state index contributed by atoms with van der Waals surface area (Å²) < 4.78 is 11.2. The van der Waals surface area contributed by atoms with Crippen LogP contribution >= 0.6 is 0 Å². The molecule has 0 spiro atoms. The van der Waals surface area contributed by atoms with Gasteiger partial charge in [-0.15, -0.1) is 0 Å². The van der Waals surface area contributed by atoms with Crippen LogP contribution in [0.4, 0.5) is 0 Å². The largest absolute Gasteiger partial charge is 0.462 e. The summed E-state index contributed by atoms with van der Waals surface area (Å²) in [6, 6.07) is -0.425. The summed E-state index contributed by atoms with van der Waals surface area (Å²) in [6.07, 6.45) is 0.652. The van der Waals surface area contributed by atoms with Crippen molar-refractivity contribution in [2.24, 2.45) is 5.11 Å². The summed E-state index contributed by atoms with van der Waals surface area (Å²) in [4.78, 5) is 14.0. The maximum absolute atomic E-state index is 11.1. The van der Waals surface area contributed by atoms with Gasteiger partial charge in [0.05, 0.1) is 6.04 Å². The first-order chi connectivity index (χ1) is 8.67. The molecule has 19 heavy (non-hydrogen) atoms. The van der Waals surface area contributed by atoms with E-state index in [1.807, 2.05) is 0 Å². The molecule has 1 fully saturated rings. The van der Waals surface area contributed by atoms with E-state index in [0.29, 0.717) is 19.4 Å². The topological polar surface area (TPSA) is 84.3 Å². The van der Waals surface area contributed by atoms with E-state index >= 15 is 0 Å². The van der Waals surface area contributed by atoms with E-state index in [1.165, 1.54) is 0 Å². The quantitative estimate of drug-likeness (QED) is 0.255. The van der Waals surface area contributed by atoms with Gasteiger partial charge >= 0.3 is 5.97 Å². The molecule has 0 aromatic heterocycles. The second-order valence-corrected chi connectivity index (χ2v) is 11.2. The highest BCUT2D eigenvalue weighted by atomic mass is 28.4. The van der Waals surface area contributed by atoms with Crippen LogP contribution in [0.3, 0.4) is 0 Å². The first-order valence-electron chi connectivity index (χ1n) is 6.55. The van der Waals surface area contributed by atoms with Crippen LogP contribution in [0.15, 0.2) is 5.11 Å². The van der Waals surface area contributed by atoms with Gasteiger partial charge in [0, 0.05) is 17.9 Å². The third-order valence-electron chi connectivity index (χ3n) is 3.97. The fourth-order valence-corrected chi connectivity index (χ4v) is 2.63. The number of carbonyl (C=O) groups excluding carboxylic acids is 1. The Bertz CT molecular complexity index is 386. The van der Waals surface area contributed by atoms with Crippen LogP contribution in [0.2, 0.25) is 18.1 Å². The maximum Gasteiger partial charge on any atom is 0.306 e. The lowest BCUT2D eigenvalue weighted by Crippen LogP contribution is -2.44. The third-order valence-corrected chi connectivity index (χ3v) is 8.47. The second kappa shape index (κ2) is 5.94. The molecule has 108 valence electrons. The van der Waals surface area contributed by atoms with Gasteiger partial charge in [0.2, 0.25) is 0 Å². The lowest BCUT2D eigenvalue weighted by Gasteiger charge is -2.37. The standard InChI is InChI=1S/C12H23N3O3Si/c1-12(2,3)19(4,5)17-8-9(14-15-13)10-6-7-11(16)18-10/h9-10H,6-8H2,1-5H3/t9-,10+/m1/s1. The smallest absolute Gasteiger partial charge is 0.306 e. The first kappa shape index (κ1) is 16.0. The minimum Gasteiger partial charge on any atom is -0.462 e. The summed E-state index contributed by atoms with van der Waals surface area (Å²) in [5.74, 6) is -0.226. The summed E-state index contributed by atoms with van der Waals surface area (Å²) in [5.41, 5.74) is 8.63. The van der Waals surface area contributed by atoms with E-state index in [0.717, 1.165) is 0 Å². The molecule has 1 saturated heterocycles. The first-order valence-corrected chi connectivity index (χ1v) is 9.46. The summed E-state index contributed by atoms with van der Waals surface area (Å²) in [5, 5.41) is 3.82. The van der Waals surface area contributed by atoms with Crippen molar-refractivity contribution in [2.75, 3.05) is 6.61 Å². The average molecular weight is 285 g/mol. The van der Waals surface area contributed by atoms with Crippen molar-refractivity contribution in [3.63, 3.8) is 0 Å². The molecule has 0 saturated carbocycles. The Labute approximate surface area is 115 Å². The number of rotatable bonds is 5. The molecule has 1 aliphatic heterocycles. The zero-order valence-electron chi connectivity index (χ0n) is 12.3. The number of esters is 1. The Morgan fingerprint density at radius 1 is 1.58 bits per heavy atom. The fraction of sp³-hybridized carbons (Fsp3) is 0.917. The van der Waals surface area contributed by atoms with Gasteiger partial charge in [-0.3, -0.25) is 4.79 Å². The van der Waals surface area contributed by atoms with Crippen molar-refractivity contribution in [2.45, 2.75) is 63.9 Å². The highest BCUT2D eigenvalue weighted by Gasteiger charge is 2.39. The van der Waals surface area contributed by atoms with E-state index < -0.39 is 14.4 Å². The molecule has 0 aromatic rings. The zero-order valence-corrected chi connectivity index (χ0v) is 13.3. The molecule has 1 rings (SSSR count). The van der Waals surface area contributed by atoms with Gasteiger partial charge in [0.15, 0.2) is 8.32 Å². The van der Waals surface area contributed by atoms with Crippen molar-refractivity contribution < 1.29 is 14.0 Å². The predicted molar refractivity (Wildman–Crippen MR) is 75.2 cm³/mol. The molecule has 7 heteroatoms. The van der Waals surface area contributed by atoms with Crippen LogP contribution in [-0.2, 0) is 14.0 Å². The molecule has 0 N–H and O–H groups in total. The summed E-state index contributed by atoms with van der Waals surface area (Å²) >= 11 is 0. The zero-order chi connectivity index (χ0) is 14.7. The number of hydrogen-bond donors (Lipinski definition) is 0. The van der Waals surface area contributed by atoms with Crippen molar-refractivity contribution in [1.29, 1.82) is 0 Å². The number of azide groups is 1. The van der Waals surface area contributed by atoms with E-state index in [1.54, 1.807) is 0 Å². The van der Waals surface area contributed by atoms with Gasteiger partial charge in [0.25, 0.3) is 0 Å². The monoisotopic (exact) mass is 285 g/mol. The van der Waals surface area contributed by atoms with E-state index in [4.69, 9.17) is 14.7 Å². The van der Waals surface area contributed by atoms with Crippen LogP contribution in [0.25, 0.3) is 10.4 Å². The lowest BCUT2D eigenvalue weighted by molar-refractivity contribution is -0.142. The molecule has 0 bridgehead atoms. The van der Waals surface area contributed by atoms with Crippen LogP contribution in [-0.4, -0.2) is 33.0 Å². The average Bonchev–Trinajstić information content (AvgIpc) is 2.69. The summed E-state index contributed by atoms with van der Waals surface area (Å²) in [6.45, 7) is 11.0. The molecule has 2 atom stereocenters. The molecule has 1 heterocycles. The number of cyclic esters (lactones) is 1. The number of nitrogens with zero attached hydrogens (tertiary/aromatic N) is 3. The molecule has 6 nitrogen and oxygen atoms in total. The number of carbonyl (C=O) groups is 1. The van der Waals surface area contributed by atoms with E-state index in [9.17, 15) is 4.79 Å². The molecule has 0 amide bonds. The minimum absolute atomic E-state index is 0.0975. The van der Waals surface area contributed by atoms with Crippen molar-refractivity contribution >= 4 is 14.3 Å². The molecule has 0 unspecified atom stereocenters. The molecular weight excluding hydrogens is 262 g/mol. The Morgan fingerprint density at radius 2 is 2.21 bits per heavy atom. The van der Waals surface area contributed by atoms with Crippen molar-refractivity contribution in [3.8, 4) is 0 Å². The van der Waals surface area contributed by atoms with Gasteiger partial charge in [-0.2, -0.15) is 0 Å². The lowest BCUT2D eigenvalue weighted by atomic mass is 10.1. The van der Waals surface area contributed by atoms with Crippen molar-refractivity contribution in [3.05, 3.63) is 10.4 Å². The van der Waals surface area contributed by atoms with Crippen molar-refractivity contribution in [1.82, 2.24) is 0 Å². The molecular formula is C12H23N3O3Si. The van der Waals surface area contributed by atoms with Gasteiger partial charge in [0.1, 0.15) is 6.10 Å². The van der Waals surface area contributed by atoms with Crippen LogP contribution < -0.4 is 0 Å². The van der Waals surface area contributed by atoms with E-state index in [-0.39, 0.29) is 17.1 Å². The molecule has 0 aromatic carbocycles. The van der Waals surface area contributed by atoms with Gasteiger partial charge in [-0.25, -0.2) is 0 Å². The Balaban J connectivity index is 2.65. The Kier molecular flexibility index (Phi) is 5.01. The molecule has 0 radical (unpaired) electrons. The Morgan fingerprint density at radius 3 is 2.63 bits per heavy atom. The van der Waals surface area contributed by atoms with Crippen LogP contribution in [0.5, 0.6) is 0 Å².